The van der Waals surface area contributed by atoms with Crippen LogP contribution in [0.5, 0.6) is 0 Å². The van der Waals surface area contributed by atoms with Crippen LogP contribution in [0.3, 0.4) is 0 Å². The Morgan fingerprint density at radius 1 is 1.33 bits per heavy atom. The minimum atomic E-state index is 0.633. The Bertz CT molecular complexity index is 371. The summed E-state index contributed by atoms with van der Waals surface area (Å²) in [6.45, 7) is 3.14. The predicted octanol–water partition coefficient (Wildman–Crippen LogP) is 2.40. The van der Waals surface area contributed by atoms with Crippen LogP contribution < -0.4 is 10.6 Å². The van der Waals surface area contributed by atoms with Gasteiger partial charge in [-0.05, 0) is 43.7 Å². The van der Waals surface area contributed by atoms with E-state index in [0.29, 0.717) is 6.04 Å². The van der Waals surface area contributed by atoms with Crippen LogP contribution in [-0.2, 0) is 0 Å². The van der Waals surface area contributed by atoms with Gasteiger partial charge >= 0.3 is 0 Å². The van der Waals surface area contributed by atoms with E-state index in [-0.39, 0.29) is 0 Å². The largest absolute Gasteiger partial charge is 0.382 e. The molecule has 1 unspecified atom stereocenters. The fourth-order valence-corrected chi connectivity index (χ4v) is 2.28. The number of rotatable bonds is 1. The summed E-state index contributed by atoms with van der Waals surface area (Å²) < 4.78 is 0. The van der Waals surface area contributed by atoms with E-state index in [1.165, 1.54) is 24.8 Å². The second kappa shape index (κ2) is 3.40. The number of aryl methyl sites for hydroxylation is 1. The van der Waals surface area contributed by atoms with Crippen LogP contribution in [0.2, 0.25) is 0 Å². The van der Waals surface area contributed by atoms with Crippen molar-refractivity contribution >= 4 is 11.5 Å². The van der Waals surface area contributed by atoms with E-state index in [2.05, 4.69) is 28.6 Å². The number of aromatic nitrogens is 1. The van der Waals surface area contributed by atoms with Crippen molar-refractivity contribution in [2.45, 2.75) is 32.2 Å². The summed E-state index contributed by atoms with van der Waals surface area (Å²) in [5, 5.41) is 7.03. The molecule has 80 valence electrons. The molecule has 1 aromatic rings. The summed E-state index contributed by atoms with van der Waals surface area (Å²) in [4.78, 5) is 4.47. The lowest BCUT2D eigenvalue weighted by molar-refractivity contribution is 0.607. The third-order valence-corrected chi connectivity index (χ3v) is 3.31. The number of hydrogen-bond acceptors (Lipinski definition) is 3. The number of nitrogens with zero attached hydrogens (tertiary/aromatic N) is 1. The highest BCUT2D eigenvalue weighted by Crippen LogP contribution is 2.37. The molecule has 0 bridgehead atoms. The van der Waals surface area contributed by atoms with Crippen molar-refractivity contribution in [1.82, 2.24) is 4.98 Å². The van der Waals surface area contributed by atoms with Crippen LogP contribution in [0.4, 0.5) is 11.5 Å². The van der Waals surface area contributed by atoms with E-state index in [0.717, 1.165) is 24.0 Å². The lowest BCUT2D eigenvalue weighted by atomic mass is 10.1. The van der Waals surface area contributed by atoms with Crippen LogP contribution in [0.15, 0.2) is 12.3 Å². The molecule has 1 atom stereocenters. The summed E-state index contributed by atoms with van der Waals surface area (Å²) in [6, 6.07) is 2.80. The molecule has 1 aliphatic heterocycles. The molecule has 2 N–H and O–H groups in total. The molecule has 2 aliphatic rings. The summed E-state index contributed by atoms with van der Waals surface area (Å²) in [6.07, 6.45) is 5.92. The molecule has 15 heavy (non-hydrogen) atoms. The van der Waals surface area contributed by atoms with Crippen LogP contribution in [0.1, 0.15) is 24.8 Å². The Balaban J connectivity index is 1.88. The topological polar surface area (TPSA) is 37.0 Å². The van der Waals surface area contributed by atoms with Gasteiger partial charge in [0.05, 0.1) is 5.69 Å². The third kappa shape index (κ3) is 1.78. The number of anilines is 2. The number of pyridine rings is 1. The van der Waals surface area contributed by atoms with Gasteiger partial charge < -0.3 is 10.6 Å². The van der Waals surface area contributed by atoms with Gasteiger partial charge in [0.25, 0.3) is 0 Å². The molecule has 3 nitrogen and oxygen atoms in total. The fraction of sp³-hybridized carbons (Fsp3) is 0.583. The molecule has 1 aliphatic carbocycles. The van der Waals surface area contributed by atoms with Crippen molar-refractivity contribution in [2.75, 3.05) is 17.2 Å². The van der Waals surface area contributed by atoms with Gasteiger partial charge in [0, 0.05) is 18.8 Å². The smallest absolute Gasteiger partial charge is 0.149 e. The number of hydrogen-bond donors (Lipinski definition) is 2. The van der Waals surface area contributed by atoms with E-state index < -0.39 is 0 Å². The van der Waals surface area contributed by atoms with Gasteiger partial charge in [-0.1, -0.05) is 0 Å². The average Bonchev–Trinajstić information content (AvgIpc) is 3.02. The SMILES string of the molecule is Cc1cnc2c(c1)NCCC(C1CC1)N2. The van der Waals surface area contributed by atoms with E-state index >= 15 is 0 Å². The average molecular weight is 203 g/mol. The summed E-state index contributed by atoms with van der Waals surface area (Å²) in [7, 11) is 0. The predicted molar refractivity (Wildman–Crippen MR) is 62.2 cm³/mol. The first-order chi connectivity index (χ1) is 7.33. The van der Waals surface area contributed by atoms with Crippen LogP contribution in [0.25, 0.3) is 0 Å². The van der Waals surface area contributed by atoms with Gasteiger partial charge in [-0.2, -0.15) is 0 Å². The zero-order valence-electron chi connectivity index (χ0n) is 9.09. The standard InChI is InChI=1S/C12H17N3/c1-8-6-11-12(14-7-8)15-10(4-5-13-11)9-2-3-9/h6-7,9-10,13H,2-5H2,1H3,(H,14,15). The van der Waals surface area contributed by atoms with Gasteiger partial charge in [0.1, 0.15) is 5.82 Å². The van der Waals surface area contributed by atoms with E-state index in [9.17, 15) is 0 Å². The summed E-state index contributed by atoms with van der Waals surface area (Å²) in [5.74, 6) is 1.93. The van der Waals surface area contributed by atoms with Gasteiger partial charge in [-0.15, -0.1) is 0 Å². The first kappa shape index (κ1) is 9.01. The van der Waals surface area contributed by atoms with Crippen molar-refractivity contribution in [3.05, 3.63) is 17.8 Å². The number of fused-ring (bicyclic) bond motifs is 1. The minimum absolute atomic E-state index is 0.633. The second-order valence-electron chi connectivity index (χ2n) is 4.71. The molecule has 0 spiro atoms. The lowest BCUT2D eigenvalue weighted by Gasteiger charge is -2.15. The van der Waals surface area contributed by atoms with Crippen molar-refractivity contribution in [2.24, 2.45) is 5.92 Å². The highest BCUT2D eigenvalue weighted by Gasteiger charge is 2.32. The molecule has 0 radical (unpaired) electrons. The molecule has 3 rings (SSSR count). The molecule has 0 saturated heterocycles. The van der Waals surface area contributed by atoms with Crippen molar-refractivity contribution in [3.8, 4) is 0 Å². The zero-order valence-corrected chi connectivity index (χ0v) is 9.09. The molecular formula is C12H17N3. The van der Waals surface area contributed by atoms with Gasteiger partial charge in [-0.3, -0.25) is 0 Å². The molecule has 0 aromatic carbocycles. The molecule has 1 saturated carbocycles. The van der Waals surface area contributed by atoms with Gasteiger partial charge in [0.2, 0.25) is 0 Å². The molecule has 2 heterocycles. The molecule has 1 fully saturated rings. The van der Waals surface area contributed by atoms with Crippen LogP contribution in [0, 0.1) is 12.8 Å². The van der Waals surface area contributed by atoms with Gasteiger partial charge in [0.15, 0.2) is 0 Å². The maximum Gasteiger partial charge on any atom is 0.149 e. The third-order valence-electron chi connectivity index (χ3n) is 3.31. The molecule has 0 amide bonds. The van der Waals surface area contributed by atoms with Crippen molar-refractivity contribution in [3.63, 3.8) is 0 Å². The maximum atomic E-state index is 4.47. The van der Waals surface area contributed by atoms with E-state index in [1.54, 1.807) is 0 Å². The van der Waals surface area contributed by atoms with E-state index in [1.807, 2.05) is 6.20 Å². The lowest BCUT2D eigenvalue weighted by Crippen LogP contribution is -2.22. The zero-order chi connectivity index (χ0) is 10.3. The Labute approximate surface area is 90.3 Å². The maximum absolute atomic E-state index is 4.47. The first-order valence-corrected chi connectivity index (χ1v) is 5.80. The van der Waals surface area contributed by atoms with Crippen LogP contribution in [-0.4, -0.2) is 17.6 Å². The second-order valence-corrected chi connectivity index (χ2v) is 4.71. The number of nitrogens with one attached hydrogen (secondary N) is 2. The van der Waals surface area contributed by atoms with E-state index in [4.69, 9.17) is 0 Å². The summed E-state index contributed by atoms with van der Waals surface area (Å²) in [5.41, 5.74) is 2.38. The van der Waals surface area contributed by atoms with Crippen molar-refractivity contribution in [1.29, 1.82) is 0 Å². The Kier molecular flexibility index (Phi) is 2.04. The molecular weight excluding hydrogens is 186 g/mol. The Morgan fingerprint density at radius 2 is 2.20 bits per heavy atom. The highest BCUT2D eigenvalue weighted by molar-refractivity contribution is 5.66. The quantitative estimate of drug-likeness (QED) is 0.736. The monoisotopic (exact) mass is 203 g/mol. The normalized spacial score (nSPS) is 24.7. The minimum Gasteiger partial charge on any atom is -0.382 e. The Morgan fingerprint density at radius 3 is 3.00 bits per heavy atom. The first-order valence-electron chi connectivity index (χ1n) is 5.80. The van der Waals surface area contributed by atoms with Crippen LogP contribution >= 0.6 is 0 Å². The summed E-state index contributed by atoms with van der Waals surface area (Å²) >= 11 is 0. The molecule has 1 aromatic heterocycles. The van der Waals surface area contributed by atoms with Crippen molar-refractivity contribution < 1.29 is 0 Å². The fourth-order valence-electron chi connectivity index (χ4n) is 2.28. The molecule has 3 heteroatoms. The Hall–Kier alpha value is -1.25. The van der Waals surface area contributed by atoms with Gasteiger partial charge in [-0.25, -0.2) is 4.98 Å². The highest BCUT2D eigenvalue weighted by atomic mass is 15.1.